The summed E-state index contributed by atoms with van der Waals surface area (Å²) in [5, 5.41) is 6.85. The largest absolute Gasteiger partial charge is 0.371 e. The molecule has 9 heteroatoms. The van der Waals surface area contributed by atoms with Crippen LogP contribution in [0.2, 0.25) is 0 Å². The summed E-state index contributed by atoms with van der Waals surface area (Å²) in [4.78, 5) is 31.5. The molecule has 1 aromatic carbocycles. The average molecular weight is 430 g/mol. The lowest BCUT2D eigenvalue weighted by Crippen LogP contribution is -2.22. The van der Waals surface area contributed by atoms with Gasteiger partial charge in [0.25, 0.3) is 5.91 Å². The van der Waals surface area contributed by atoms with Crippen LogP contribution in [0.1, 0.15) is 15.9 Å². The second-order valence-corrected chi connectivity index (χ2v) is 8.04. The standard InChI is InChI=1S/C22H19N7OS/c1-23-19-16-18(29(2)12-26-16)17-22(28-19)31-21(27-17)15-7-3-6-14(9-15)20(30)25-11-13-5-4-8-24-10-13/h3-10,12H,11H2,1-2H3,(H,23,28)(H,25,30). The summed E-state index contributed by atoms with van der Waals surface area (Å²) >= 11 is 1.49. The van der Waals surface area contributed by atoms with Crippen molar-refractivity contribution in [3.8, 4) is 10.6 Å². The van der Waals surface area contributed by atoms with Crippen molar-refractivity contribution in [2.24, 2.45) is 7.05 Å². The Bertz CT molecular complexity index is 1410. The molecule has 0 spiro atoms. The fourth-order valence-electron chi connectivity index (χ4n) is 3.46. The zero-order chi connectivity index (χ0) is 21.4. The number of pyridine rings is 2. The molecule has 1 amide bonds. The van der Waals surface area contributed by atoms with Crippen molar-refractivity contribution in [3.05, 3.63) is 66.2 Å². The first-order chi connectivity index (χ1) is 15.1. The number of hydrogen-bond donors (Lipinski definition) is 2. The van der Waals surface area contributed by atoms with Crippen LogP contribution < -0.4 is 10.6 Å². The third kappa shape index (κ3) is 3.49. The third-order valence-corrected chi connectivity index (χ3v) is 5.99. The lowest BCUT2D eigenvalue weighted by molar-refractivity contribution is 0.0951. The van der Waals surface area contributed by atoms with Gasteiger partial charge in [-0.3, -0.25) is 9.78 Å². The number of nitrogens with zero attached hydrogens (tertiary/aromatic N) is 5. The van der Waals surface area contributed by atoms with Crippen LogP contribution in [-0.2, 0) is 13.6 Å². The van der Waals surface area contributed by atoms with Crippen molar-refractivity contribution < 1.29 is 4.79 Å². The van der Waals surface area contributed by atoms with Crippen molar-refractivity contribution in [2.45, 2.75) is 6.54 Å². The van der Waals surface area contributed by atoms with Crippen molar-refractivity contribution >= 4 is 44.4 Å². The summed E-state index contributed by atoms with van der Waals surface area (Å²) in [5.41, 5.74) is 4.93. The smallest absolute Gasteiger partial charge is 0.251 e. The van der Waals surface area contributed by atoms with E-state index in [0.717, 1.165) is 43.3 Å². The molecule has 0 radical (unpaired) electrons. The lowest BCUT2D eigenvalue weighted by Gasteiger charge is -2.06. The Kier molecular flexibility index (Phi) is 4.79. The first-order valence-corrected chi connectivity index (χ1v) is 10.5. The number of aromatic nitrogens is 5. The summed E-state index contributed by atoms with van der Waals surface area (Å²) < 4.78 is 1.95. The monoisotopic (exact) mass is 429 g/mol. The van der Waals surface area contributed by atoms with Gasteiger partial charge in [0.05, 0.1) is 6.33 Å². The quantitative estimate of drug-likeness (QED) is 0.443. The van der Waals surface area contributed by atoms with Crippen LogP contribution >= 0.6 is 11.3 Å². The Balaban J connectivity index is 1.48. The van der Waals surface area contributed by atoms with E-state index in [9.17, 15) is 4.79 Å². The minimum absolute atomic E-state index is 0.142. The first-order valence-electron chi connectivity index (χ1n) is 9.71. The van der Waals surface area contributed by atoms with Gasteiger partial charge in [0.1, 0.15) is 26.4 Å². The number of carbonyl (C=O) groups excluding carboxylic acids is 1. The van der Waals surface area contributed by atoms with Gasteiger partial charge in [-0.1, -0.05) is 29.5 Å². The third-order valence-electron chi connectivity index (χ3n) is 4.99. The maximum atomic E-state index is 12.7. The highest BCUT2D eigenvalue weighted by atomic mass is 32.1. The Morgan fingerprint density at radius 3 is 2.87 bits per heavy atom. The predicted octanol–water partition coefficient (Wildman–Crippen LogP) is 3.61. The number of hydrogen-bond acceptors (Lipinski definition) is 7. The molecule has 0 fully saturated rings. The minimum Gasteiger partial charge on any atom is -0.371 e. The van der Waals surface area contributed by atoms with Gasteiger partial charge in [0.15, 0.2) is 5.82 Å². The lowest BCUT2D eigenvalue weighted by atomic mass is 10.1. The SMILES string of the molecule is CNc1nc2sc(-c3cccc(C(=O)NCc4cccnc4)c3)nc2c2c1ncn2C. The number of thiazole rings is 1. The molecule has 4 aromatic heterocycles. The number of carbonyl (C=O) groups is 1. The van der Waals surface area contributed by atoms with Crippen LogP contribution in [0, 0.1) is 0 Å². The fraction of sp³-hybridized carbons (Fsp3) is 0.136. The van der Waals surface area contributed by atoms with Crippen LogP contribution in [-0.4, -0.2) is 37.5 Å². The molecule has 0 aliphatic heterocycles. The first kappa shape index (κ1) is 19.1. The van der Waals surface area contributed by atoms with Crippen LogP contribution in [0.25, 0.3) is 32.0 Å². The van der Waals surface area contributed by atoms with Gasteiger partial charge < -0.3 is 15.2 Å². The molecule has 4 heterocycles. The molecule has 8 nitrogen and oxygen atoms in total. The minimum atomic E-state index is -0.142. The molecule has 2 N–H and O–H groups in total. The molecule has 0 bridgehead atoms. The van der Waals surface area contributed by atoms with Gasteiger partial charge in [-0.2, -0.15) is 0 Å². The number of amides is 1. The zero-order valence-corrected chi connectivity index (χ0v) is 17.8. The van der Waals surface area contributed by atoms with E-state index in [4.69, 9.17) is 4.98 Å². The molecule has 0 aliphatic rings. The number of benzene rings is 1. The second-order valence-electron chi connectivity index (χ2n) is 7.06. The molecular weight excluding hydrogens is 410 g/mol. The van der Waals surface area contributed by atoms with E-state index in [0.29, 0.717) is 12.1 Å². The van der Waals surface area contributed by atoms with Gasteiger partial charge >= 0.3 is 0 Å². The van der Waals surface area contributed by atoms with Crippen molar-refractivity contribution in [2.75, 3.05) is 12.4 Å². The van der Waals surface area contributed by atoms with E-state index in [1.807, 2.05) is 49.0 Å². The second kappa shape index (κ2) is 7.77. The highest BCUT2D eigenvalue weighted by Crippen LogP contribution is 2.35. The van der Waals surface area contributed by atoms with E-state index >= 15 is 0 Å². The van der Waals surface area contributed by atoms with E-state index in [2.05, 4.69) is 25.6 Å². The molecule has 154 valence electrons. The number of fused-ring (bicyclic) bond motifs is 3. The van der Waals surface area contributed by atoms with E-state index in [1.54, 1.807) is 24.8 Å². The molecular formula is C22H19N7OS. The summed E-state index contributed by atoms with van der Waals surface area (Å²) in [6.45, 7) is 0.424. The number of rotatable bonds is 5. The molecule has 31 heavy (non-hydrogen) atoms. The van der Waals surface area contributed by atoms with E-state index in [-0.39, 0.29) is 5.91 Å². The van der Waals surface area contributed by atoms with E-state index in [1.165, 1.54) is 11.3 Å². The number of aryl methyl sites for hydroxylation is 1. The molecule has 0 saturated carbocycles. The van der Waals surface area contributed by atoms with Crippen molar-refractivity contribution in [3.63, 3.8) is 0 Å². The van der Waals surface area contributed by atoms with Gasteiger partial charge in [-0.05, 0) is 23.8 Å². The Morgan fingerprint density at radius 1 is 1.16 bits per heavy atom. The van der Waals surface area contributed by atoms with Crippen LogP contribution in [0.4, 0.5) is 5.82 Å². The van der Waals surface area contributed by atoms with Gasteiger partial charge in [-0.25, -0.2) is 15.0 Å². The zero-order valence-electron chi connectivity index (χ0n) is 17.0. The molecule has 5 rings (SSSR count). The Hall–Kier alpha value is -3.85. The molecule has 5 aromatic rings. The number of anilines is 1. The number of nitrogens with one attached hydrogen (secondary N) is 2. The van der Waals surface area contributed by atoms with E-state index < -0.39 is 0 Å². The van der Waals surface area contributed by atoms with Gasteiger partial charge in [0, 0.05) is 44.2 Å². The maximum absolute atomic E-state index is 12.7. The average Bonchev–Trinajstić information content (AvgIpc) is 3.41. The molecule has 0 saturated heterocycles. The summed E-state index contributed by atoms with van der Waals surface area (Å²) in [5.74, 6) is 0.582. The highest BCUT2D eigenvalue weighted by molar-refractivity contribution is 7.21. The van der Waals surface area contributed by atoms with Crippen molar-refractivity contribution in [1.29, 1.82) is 0 Å². The fourth-order valence-corrected chi connectivity index (χ4v) is 4.40. The van der Waals surface area contributed by atoms with Crippen LogP contribution in [0.5, 0.6) is 0 Å². The van der Waals surface area contributed by atoms with Crippen molar-refractivity contribution in [1.82, 2.24) is 29.8 Å². The molecule has 0 unspecified atom stereocenters. The topological polar surface area (TPSA) is 97.6 Å². The van der Waals surface area contributed by atoms with Crippen LogP contribution in [0.15, 0.2) is 55.1 Å². The number of imidazole rings is 1. The Morgan fingerprint density at radius 2 is 2.06 bits per heavy atom. The highest BCUT2D eigenvalue weighted by Gasteiger charge is 2.17. The van der Waals surface area contributed by atoms with Gasteiger partial charge in [-0.15, -0.1) is 0 Å². The summed E-state index contributed by atoms with van der Waals surface area (Å²) in [7, 11) is 3.78. The predicted molar refractivity (Wildman–Crippen MR) is 122 cm³/mol. The molecule has 0 atom stereocenters. The Labute approximate surface area is 182 Å². The van der Waals surface area contributed by atoms with Crippen LogP contribution in [0.3, 0.4) is 0 Å². The maximum Gasteiger partial charge on any atom is 0.251 e. The summed E-state index contributed by atoms with van der Waals surface area (Å²) in [6.07, 6.45) is 5.21. The van der Waals surface area contributed by atoms with Gasteiger partial charge in [0.2, 0.25) is 0 Å². The normalized spacial score (nSPS) is 11.2. The summed E-state index contributed by atoms with van der Waals surface area (Å²) in [6, 6.07) is 11.3. The molecule has 0 aliphatic carbocycles.